The highest BCUT2D eigenvalue weighted by atomic mass is 33.1. The van der Waals surface area contributed by atoms with Crippen molar-refractivity contribution in [2.75, 3.05) is 13.7 Å². The van der Waals surface area contributed by atoms with E-state index < -0.39 is 39.0 Å². The van der Waals surface area contributed by atoms with Crippen molar-refractivity contribution < 1.29 is 34.2 Å². The summed E-state index contributed by atoms with van der Waals surface area (Å²) in [4.78, 5) is 29.5. The molecule has 0 aliphatic carbocycles. The molecule has 1 amide bonds. The van der Waals surface area contributed by atoms with E-state index in [2.05, 4.69) is 35.5 Å². The van der Waals surface area contributed by atoms with Crippen LogP contribution in [0.1, 0.15) is 63.2 Å². The Bertz CT molecular complexity index is 1030. The third-order valence-electron chi connectivity index (χ3n) is 5.61. The number of imidazole rings is 1. The Morgan fingerprint density at radius 1 is 1.38 bits per heavy atom. The molecule has 1 aromatic heterocycles. The molecule has 2 aliphatic rings. The van der Waals surface area contributed by atoms with Crippen LogP contribution in [-0.4, -0.2) is 92.5 Å². The first-order valence-corrected chi connectivity index (χ1v) is 16.4. The predicted octanol–water partition coefficient (Wildman–Crippen LogP) is 5.18. The van der Waals surface area contributed by atoms with Crippen LogP contribution in [0.25, 0.3) is 0 Å². The fraction of sp³-hybridized carbons (Fsp3) is 0.731. The van der Waals surface area contributed by atoms with Gasteiger partial charge in [0.1, 0.15) is 6.10 Å². The molecule has 0 aromatic carbocycles. The van der Waals surface area contributed by atoms with Gasteiger partial charge in [0.15, 0.2) is 23.3 Å². The van der Waals surface area contributed by atoms with Gasteiger partial charge in [0, 0.05) is 50.4 Å². The standard InChI is InChI=1S/C25H40FN4O5PS2.CH4O/c1-16(2)30(17(3)4)36(33-14-13-28-12-10-27-24(28)37-38-25(6,7)8)35-22-18(5)34-23(21(22)26)29-11-9-19(31)15-20(29)32;1-2/h9-12,16-18,21-23H,13-15H2,1-8H3;2H,1H3/i5D;2T. The van der Waals surface area contributed by atoms with Gasteiger partial charge < -0.3 is 23.5 Å². The Balaban J connectivity index is 0.00000197. The molecule has 228 valence electrons. The molecule has 0 saturated carbocycles. The van der Waals surface area contributed by atoms with E-state index >= 15 is 4.39 Å². The number of carbonyl (C=O) groups is 2. The lowest BCUT2D eigenvalue weighted by Crippen LogP contribution is -2.45. The van der Waals surface area contributed by atoms with Crippen LogP contribution < -0.4 is 0 Å². The Morgan fingerprint density at radius 2 is 2.05 bits per heavy atom. The fourth-order valence-electron chi connectivity index (χ4n) is 3.98. The van der Waals surface area contributed by atoms with Crippen molar-refractivity contribution in [2.24, 2.45) is 0 Å². The van der Waals surface area contributed by atoms with Crippen molar-refractivity contribution in [1.29, 1.82) is 1.43 Å². The molecule has 0 radical (unpaired) electrons. The van der Waals surface area contributed by atoms with E-state index in [1.807, 2.05) is 38.5 Å². The molecule has 10 nitrogen and oxygen atoms in total. The van der Waals surface area contributed by atoms with Crippen LogP contribution in [0, 0.1) is 0 Å². The first-order valence-electron chi connectivity index (χ1n) is 14.2. The summed E-state index contributed by atoms with van der Waals surface area (Å²) in [6.07, 6.45) is 0.807. The minimum atomic E-state index is -1.74. The van der Waals surface area contributed by atoms with E-state index in [0.29, 0.717) is 13.2 Å². The van der Waals surface area contributed by atoms with Gasteiger partial charge in [-0.25, -0.2) is 14.0 Å². The molecule has 5 atom stereocenters. The third-order valence-corrected chi connectivity index (χ3v) is 11.0. The average molecular weight is 626 g/mol. The first-order chi connectivity index (χ1) is 19.7. The summed E-state index contributed by atoms with van der Waals surface area (Å²) in [5, 5.41) is 4.37. The SMILES string of the molecule is [2H]CC1OC(N2C=CC(=O)CC2=O)C(F)C1OP(OCCn1ccnc1SSC(C)(C)C)N(C(C)C)C(C)C.[3H]OC. The van der Waals surface area contributed by atoms with Crippen LogP contribution in [0.15, 0.2) is 29.8 Å². The molecule has 3 rings (SSSR count). The highest BCUT2D eigenvalue weighted by Gasteiger charge is 2.50. The van der Waals surface area contributed by atoms with Crippen LogP contribution in [0.2, 0.25) is 0 Å². The molecule has 1 N–H and O–H groups in total. The minimum Gasteiger partial charge on any atom is -0.400 e. The molecule has 1 fully saturated rings. The number of ketones is 1. The number of alkyl halides is 1. The van der Waals surface area contributed by atoms with E-state index in [1.165, 1.54) is 19.4 Å². The number of aliphatic hydroxyl groups is 1. The van der Waals surface area contributed by atoms with E-state index in [0.717, 1.165) is 10.1 Å². The van der Waals surface area contributed by atoms with E-state index in [4.69, 9.17) is 16.6 Å². The highest BCUT2D eigenvalue weighted by Crippen LogP contribution is 2.50. The van der Waals surface area contributed by atoms with Crippen LogP contribution in [-0.2, 0) is 29.9 Å². The van der Waals surface area contributed by atoms with Crippen molar-refractivity contribution in [3.8, 4) is 0 Å². The first kappa shape index (κ1) is 31.9. The van der Waals surface area contributed by atoms with Gasteiger partial charge in [-0.05, 0) is 51.5 Å². The van der Waals surface area contributed by atoms with Gasteiger partial charge in [0.05, 0.1) is 19.1 Å². The molecular formula is C26H44FN4O6PS2. The molecule has 5 unspecified atom stereocenters. The molecule has 1 saturated heterocycles. The van der Waals surface area contributed by atoms with Crippen LogP contribution in [0.5, 0.6) is 0 Å². The second-order valence-corrected chi connectivity index (χ2v) is 15.0. The summed E-state index contributed by atoms with van der Waals surface area (Å²) in [6.45, 7) is 15.1. The van der Waals surface area contributed by atoms with E-state index in [9.17, 15) is 9.59 Å². The number of hydrogen-bond acceptors (Lipinski definition) is 10. The van der Waals surface area contributed by atoms with Gasteiger partial charge in [0.2, 0.25) is 7.34 Å². The number of aromatic nitrogens is 2. The van der Waals surface area contributed by atoms with Gasteiger partial charge in [0.25, 0.3) is 8.53 Å². The molecule has 40 heavy (non-hydrogen) atoms. The molecule has 14 heteroatoms. The quantitative estimate of drug-likeness (QED) is 0.190. The highest BCUT2D eigenvalue weighted by molar-refractivity contribution is 8.77. The number of rotatable bonds is 12. The maximum Gasteiger partial charge on any atom is 0.259 e. The molecule has 0 bridgehead atoms. The Kier molecular flexibility index (Phi) is 12.7. The average Bonchev–Trinajstić information content (AvgIpc) is 3.46. The van der Waals surface area contributed by atoms with Gasteiger partial charge in [-0.1, -0.05) is 31.6 Å². The lowest BCUT2D eigenvalue weighted by molar-refractivity contribution is -0.145. The number of carbonyl (C=O) groups excluding carboxylic acids is 2. The number of halogens is 1. The predicted molar refractivity (Wildman–Crippen MR) is 158 cm³/mol. The summed E-state index contributed by atoms with van der Waals surface area (Å²) in [7, 11) is 2.90. The number of amides is 1. The summed E-state index contributed by atoms with van der Waals surface area (Å²) in [5.41, 5.74) is 0. The van der Waals surface area contributed by atoms with Gasteiger partial charge >= 0.3 is 0 Å². The van der Waals surface area contributed by atoms with Crippen molar-refractivity contribution in [3.63, 3.8) is 0 Å². The topological polar surface area (TPSA) is 106 Å². The number of aliphatic hydroxyl groups excluding tert-OH is 1. The third kappa shape index (κ3) is 9.76. The summed E-state index contributed by atoms with van der Waals surface area (Å²) >= 11 is 0. The van der Waals surface area contributed by atoms with E-state index in [-0.39, 0.29) is 35.9 Å². The van der Waals surface area contributed by atoms with Gasteiger partial charge in [-0.15, -0.1) is 0 Å². The van der Waals surface area contributed by atoms with Crippen LogP contribution in [0.3, 0.4) is 0 Å². The van der Waals surface area contributed by atoms with Crippen molar-refractivity contribution in [1.82, 2.24) is 19.1 Å². The van der Waals surface area contributed by atoms with Gasteiger partial charge in [-0.3, -0.25) is 14.5 Å². The maximum absolute atomic E-state index is 15.8. The second-order valence-electron chi connectivity index (χ2n) is 10.7. The Hall–Kier alpha value is -1.05. The normalized spacial score (nSPS) is 24.9. The monoisotopic (exact) mass is 625 g/mol. The number of hydrogen-bond donors (Lipinski definition) is 1. The molecule has 1 aromatic rings. The lowest BCUT2D eigenvalue weighted by Gasteiger charge is -2.37. The summed E-state index contributed by atoms with van der Waals surface area (Å²) in [5.74, 6) is -0.880. The van der Waals surface area contributed by atoms with Crippen LogP contribution >= 0.6 is 30.1 Å². The molecule has 2 aliphatic heterocycles. The molecular weight excluding hydrogens is 578 g/mol. The zero-order valence-corrected chi connectivity index (χ0v) is 27.0. The molecule has 3 heterocycles. The zero-order valence-electron chi connectivity index (χ0n) is 26.5. The largest absolute Gasteiger partial charge is 0.400 e. The van der Waals surface area contributed by atoms with Gasteiger partial charge in [-0.2, -0.15) is 0 Å². The lowest BCUT2D eigenvalue weighted by atomic mass is 10.1. The Morgan fingerprint density at radius 3 is 2.62 bits per heavy atom. The smallest absolute Gasteiger partial charge is 0.259 e. The van der Waals surface area contributed by atoms with Crippen molar-refractivity contribution >= 4 is 41.8 Å². The summed E-state index contributed by atoms with van der Waals surface area (Å²) in [6, 6.07) is 0.0869. The summed E-state index contributed by atoms with van der Waals surface area (Å²) < 4.78 is 52.0. The fourth-order valence-corrected chi connectivity index (χ4v) is 7.80. The number of ether oxygens (including phenoxy) is 1. The van der Waals surface area contributed by atoms with Crippen molar-refractivity contribution in [2.45, 2.75) is 115 Å². The van der Waals surface area contributed by atoms with E-state index in [1.54, 1.807) is 27.8 Å². The number of allylic oxidation sites excluding steroid dienone is 1. The second kappa shape index (κ2) is 16.0. The molecule has 0 spiro atoms. The van der Waals surface area contributed by atoms with Crippen LogP contribution in [0.4, 0.5) is 4.39 Å². The Labute approximate surface area is 249 Å². The zero-order chi connectivity index (χ0) is 31.6. The number of nitrogens with zero attached hydrogens (tertiary/aromatic N) is 4. The van der Waals surface area contributed by atoms with Crippen molar-refractivity contribution in [3.05, 3.63) is 24.7 Å². The minimum absolute atomic E-state index is 0.0434. The maximum atomic E-state index is 15.8.